The maximum absolute atomic E-state index is 8.95. The van der Waals surface area contributed by atoms with Crippen molar-refractivity contribution in [2.24, 2.45) is 0 Å². The van der Waals surface area contributed by atoms with Gasteiger partial charge in [0.2, 0.25) is 0 Å². The summed E-state index contributed by atoms with van der Waals surface area (Å²) >= 11 is 5.90. The van der Waals surface area contributed by atoms with Gasteiger partial charge in [-0.05, 0) is 19.1 Å². The number of aryl methyl sites for hydroxylation is 1. The number of rotatable bonds is 0. The molecule has 0 aromatic carbocycles. The molecule has 74 valence electrons. The summed E-state index contributed by atoms with van der Waals surface area (Å²) in [6.07, 6.45) is 0. The first-order valence-corrected chi connectivity index (χ1v) is 4.63. The fraction of sp³-hybridized carbons (Fsp3) is 0.100. The van der Waals surface area contributed by atoms with Crippen molar-refractivity contribution in [3.8, 4) is 6.07 Å². The molecule has 0 atom stereocenters. The molecule has 2 aromatic rings. The number of pyridine rings is 2. The minimum Gasteiger partial charge on any atom is -0.382 e. The lowest BCUT2D eigenvalue weighted by Crippen LogP contribution is -1.98. The molecule has 4 nitrogen and oxygen atoms in total. The van der Waals surface area contributed by atoms with Crippen LogP contribution in [-0.4, -0.2) is 9.97 Å². The molecule has 0 saturated heterocycles. The average Bonchev–Trinajstić information content (AvgIpc) is 2.17. The van der Waals surface area contributed by atoms with Crippen LogP contribution in [0.1, 0.15) is 11.3 Å². The summed E-state index contributed by atoms with van der Waals surface area (Å²) in [5.41, 5.74) is 7.18. The highest BCUT2D eigenvalue weighted by Crippen LogP contribution is 2.26. The Balaban J connectivity index is 3.00. The van der Waals surface area contributed by atoms with Gasteiger partial charge < -0.3 is 5.73 Å². The smallest absolute Gasteiger partial charge is 0.145 e. The largest absolute Gasteiger partial charge is 0.382 e. The molecule has 0 aliphatic carbocycles. The van der Waals surface area contributed by atoms with E-state index in [0.29, 0.717) is 10.9 Å². The number of nitrogens with zero attached hydrogens (tertiary/aromatic N) is 3. The lowest BCUT2D eigenvalue weighted by molar-refractivity contribution is 1.23. The third kappa shape index (κ3) is 1.47. The fourth-order valence-corrected chi connectivity index (χ4v) is 1.61. The minimum absolute atomic E-state index is 0.119. The molecule has 2 N–H and O–H groups in total. The summed E-state index contributed by atoms with van der Waals surface area (Å²) < 4.78 is 0. The molecule has 2 heterocycles. The van der Waals surface area contributed by atoms with Crippen LogP contribution in [0.4, 0.5) is 5.82 Å². The van der Waals surface area contributed by atoms with Crippen molar-refractivity contribution in [2.45, 2.75) is 6.92 Å². The first-order valence-electron chi connectivity index (χ1n) is 4.26. The van der Waals surface area contributed by atoms with Crippen molar-refractivity contribution in [1.82, 2.24) is 9.97 Å². The monoisotopic (exact) mass is 218 g/mol. The average molecular weight is 219 g/mol. The highest BCUT2D eigenvalue weighted by molar-refractivity contribution is 6.34. The van der Waals surface area contributed by atoms with Gasteiger partial charge in [-0.1, -0.05) is 11.6 Å². The van der Waals surface area contributed by atoms with Gasteiger partial charge in [0, 0.05) is 11.1 Å². The van der Waals surface area contributed by atoms with Gasteiger partial charge in [-0.15, -0.1) is 0 Å². The van der Waals surface area contributed by atoms with Crippen LogP contribution in [-0.2, 0) is 0 Å². The Labute approximate surface area is 91.3 Å². The molecule has 0 saturated carbocycles. The number of aromatic nitrogens is 2. The molecule has 2 aromatic heterocycles. The molecule has 0 unspecified atom stereocenters. The van der Waals surface area contributed by atoms with Crippen LogP contribution < -0.4 is 5.73 Å². The van der Waals surface area contributed by atoms with Crippen LogP contribution in [0.2, 0.25) is 5.15 Å². The van der Waals surface area contributed by atoms with Gasteiger partial charge in [0.25, 0.3) is 0 Å². The van der Waals surface area contributed by atoms with Gasteiger partial charge in [0.15, 0.2) is 0 Å². The van der Waals surface area contributed by atoms with Gasteiger partial charge in [0.05, 0.1) is 5.52 Å². The highest BCUT2D eigenvalue weighted by Gasteiger charge is 2.11. The Morgan fingerprint density at radius 2 is 2.13 bits per heavy atom. The molecule has 0 bridgehead atoms. The molecular formula is C10H7ClN4. The van der Waals surface area contributed by atoms with Crippen molar-refractivity contribution in [3.63, 3.8) is 0 Å². The van der Waals surface area contributed by atoms with Crippen molar-refractivity contribution < 1.29 is 0 Å². The van der Waals surface area contributed by atoms with E-state index in [1.165, 1.54) is 0 Å². The van der Waals surface area contributed by atoms with Crippen LogP contribution in [0.5, 0.6) is 0 Å². The maximum atomic E-state index is 8.95. The number of nitriles is 1. The predicted molar refractivity (Wildman–Crippen MR) is 58.4 cm³/mol. The van der Waals surface area contributed by atoms with Crippen molar-refractivity contribution in [2.75, 3.05) is 5.73 Å². The highest BCUT2D eigenvalue weighted by atomic mass is 35.5. The summed E-state index contributed by atoms with van der Waals surface area (Å²) in [4.78, 5) is 8.12. The molecule has 0 aliphatic rings. The van der Waals surface area contributed by atoms with E-state index in [9.17, 15) is 0 Å². The molecular weight excluding hydrogens is 212 g/mol. The summed E-state index contributed by atoms with van der Waals surface area (Å²) in [5.74, 6) is 0.119. The number of hydrogen-bond donors (Lipinski definition) is 1. The molecule has 5 heteroatoms. The summed E-state index contributed by atoms with van der Waals surface area (Å²) in [6, 6.07) is 5.58. The van der Waals surface area contributed by atoms with E-state index in [4.69, 9.17) is 22.6 Å². The summed E-state index contributed by atoms with van der Waals surface area (Å²) in [5, 5.41) is 9.86. The molecule has 2 rings (SSSR count). The lowest BCUT2D eigenvalue weighted by Gasteiger charge is -2.04. The standard InChI is InChI=1S/C10H7ClN4/c1-5-2-3-6-8(14-5)7(4-12)10(13)15-9(6)11/h2-3H,1H3,(H2,13,15). The van der Waals surface area contributed by atoms with Gasteiger partial charge in [-0.25, -0.2) is 4.98 Å². The molecule has 0 aliphatic heterocycles. The molecule has 15 heavy (non-hydrogen) atoms. The van der Waals surface area contributed by atoms with E-state index >= 15 is 0 Å². The van der Waals surface area contributed by atoms with Gasteiger partial charge >= 0.3 is 0 Å². The number of nitrogen functional groups attached to an aromatic ring is 1. The van der Waals surface area contributed by atoms with Gasteiger partial charge in [0.1, 0.15) is 22.6 Å². The van der Waals surface area contributed by atoms with Gasteiger partial charge in [-0.3, -0.25) is 4.98 Å². The Hall–Kier alpha value is -1.86. The third-order valence-electron chi connectivity index (χ3n) is 2.08. The van der Waals surface area contributed by atoms with Crippen LogP contribution in [0.25, 0.3) is 10.9 Å². The van der Waals surface area contributed by atoms with Crippen LogP contribution in [0.15, 0.2) is 12.1 Å². The predicted octanol–water partition coefficient (Wildman–Crippen LogP) is 2.05. The summed E-state index contributed by atoms with van der Waals surface area (Å²) in [6.45, 7) is 1.84. The Bertz CT molecular complexity index is 586. The second kappa shape index (κ2) is 3.37. The molecule has 0 spiro atoms. The third-order valence-corrected chi connectivity index (χ3v) is 2.37. The topological polar surface area (TPSA) is 75.6 Å². The van der Waals surface area contributed by atoms with Crippen LogP contribution in [0, 0.1) is 18.3 Å². The zero-order chi connectivity index (χ0) is 11.0. The molecule has 0 radical (unpaired) electrons. The number of nitrogens with two attached hydrogens (primary N) is 1. The first kappa shape index (κ1) is 9.69. The van der Waals surface area contributed by atoms with Crippen molar-refractivity contribution in [1.29, 1.82) is 5.26 Å². The van der Waals surface area contributed by atoms with Crippen LogP contribution in [0.3, 0.4) is 0 Å². The zero-order valence-corrected chi connectivity index (χ0v) is 8.71. The van der Waals surface area contributed by atoms with E-state index in [1.54, 1.807) is 6.07 Å². The first-order chi connectivity index (χ1) is 7.13. The Morgan fingerprint density at radius 1 is 1.40 bits per heavy atom. The number of halogens is 1. The number of hydrogen-bond acceptors (Lipinski definition) is 4. The fourth-order valence-electron chi connectivity index (χ4n) is 1.37. The van der Waals surface area contributed by atoms with Crippen LogP contribution >= 0.6 is 11.6 Å². The minimum atomic E-state index is 0.119. The Kier molecular flexibility index (Phi) is 2.18. The second-order valence-electron chi connectivity index (χ2n) is 3.12. The van der Waals surface area contributed by atoms with E-state index in [2.05, 4.69) is 9.97 Å². The Morgan fingerprint density at radius 3 is 2.80 bits per heavy atom. The molecule has 0 amide bonds. The molecule has 0 fully saturated rings. The quantitative estimate of drug-likeness (QED) is 0.687. The van der Waals surface area contributed by atoms with E-state index in [0.717, 1.165) is 5.69 Å². The van der Waals surface area contributed by atoms with E-state index in [-0.39, 0.29) is 16.5 Å². The van der Waals surface area contributed by atoms with E-state index < -0.39 is 0 Å². The van der Waals surface area contributed by atoms with Crippen molar-refractivity contribution >= 4 is 28.3 Å². The number of fused-ring (bicyclic) bond motifs is 1. The number of anilines is 1. The van der Waals surface area contributed by atoms with Gasteiger partial charge in [-0.2, -0.15) is 5.26 Å². The van der Waals surface area contributed by atoms with Crippen molar-refractivity contribution in [3.05, 3.63) is 28.5 Å². The normalized spacial score (nSPS) is 10.2. The van der Waals surface area contributed by atoms with E-state index in [1.807, 2.05) is 19.1 Å². The zero-order valence-electron chi connectivity index (χ0n) is 7.95. The maximum Gasteiger partial charge on any atom is 0.145 e. The summed E-state index contributed by atoms with van der Waals surface area (Å²) in [7, 11) is 0. The SMILES string of the molecule is Cc1ccc2c(Cl)nc(N)c(C#N)c2n1. The second-order valence-corrected chi connectivity index (χ2v) is 3.48. The lowest BCUT2D eigenvalue weighted by atomic mass is 10.1.